The standard InChI is InChI=1S/C17H17NO4/c1-17(2,3)14-6-4-5-7-15(14)22-16(19)12-8-10-13(11-9-12)18(20)21/h4-11H,1-3H3. The van der Waals surface area contributed by atoms with Gasteiger partial charge in [0.15, 0.2) is 0 Å². The number of esters is 1. The molecule has 0 bridgehead atoms. The molecule has 0 N–H and O–H groups in total. The molecule has 0 radical (unpaired) electrons. The van der Waals surface area contributed by atoms with E-state index in [2.05, 4.69) is 0 Å². The molecule has 2 aromatic rings. The minimum absolute atomic E-state index is 0.0633. The molecule has 0 unspecified atom stereocenters. The number of nitro benzene ring substituents is 1. The first-order valence-corrected chi connectivity index (χ1v) is 6.85. The van der Waals surface area contributed by atoms with E-state index < -0.39 is 10.9 Å². The van der Waals surface area contributed by atoms with Gasteiger partial charge >= 0.3 is 5.97 Å². The summed E-state index contributed by atoms with van der Waals surface area (Å²) in [6.45, 7) is 6.10. The number of rotatable bonds is 3. The third kappa shape index (κ3) is 3.49. The molecule has 0 amide bonds. The number of non-ortho nitro benzene ring substituents is 1. The maximum atomic E-state index is 12.2. The lowest BCUT2D eigenvalue weighted by molar-refractivity contribution is -0.384. The Hall–Kier alpha value is -2.69. The largest absolute Gasteiger partial charge is 0.423 e. The van der Waals surface area contributed by atoms with E-state index in [-0.39, 0.29) is 16.7 Å². The molecule has 114 valence electrons. The number of para-hydroxylation sites is 1. The van der Waals surface area contributed by atoms with Crippen LogP contribution in [0.15, 0.2) is 48.5 Å². The van der Waals surface area contributed by atoms with Crippen LogP contribution in [-0.2, 0) is 5.41 Å². The topological polar surface area (TPSA) is 69.4 Å². The van der Waals surface area contributed by atoms with Gasteiger partial charge in [-0.1, -0.05) is 39.0 Å². The summed E-state index contributed by atoms with van der Waals surface area (Å²) in [6.07, 6.45) is 0. The lowest BCUT2D eigenvalue weighted by Gasteiger charge is -2.22. The van der Waals surface area contributed by atoms with E-state index in [0.717, 1.165) is 5.56 Å². The Labute approximate surface area is 128 Å². The maximum absolute atomic E-state index is 12.2. The molecule has 0 heterocycles. The van der Waals surface area contributed by atoms with Crippen LogP contribution in [0.4, 0.5) is 5.69 Å². The van der Waals surface area contributed by atoms with Gasteiger partial charge < -0.3 is 4.74 Å². The van der Waals surface area contributed by atoms with Crippen molar-refractivity contribution in [3.63, 3.8) is 0 Å². The number of ether oxygens (including phenoxy) is 1. The molecule has 0 aromatic heterocycles. The van der Waals surface area contributed by atoms with Crippen LogP contribution < -0.4 is 4.74 Å². The highest BCUT2D eigenvalue weighted by Gasteiger charge is 2.20. The number of nitrogens with zero attached hydrogens (tertiary/aromatic N) is 1. The zero-order chi connectivity index (χ0) is 16.3. The van der Waals surface area contributed by atoms with E-state index in [9.17, 15) is 14.9 Å². The first-order chi connectivity index (χ1) is 10.3. The van der Waals surface area contributed by atoms with Crippen molar-refractivity contribution in [3.05, 3.63) is 69.8 Å². The van der Waals surface area contributed by atoms with Gasteiger partial charge in [0.25, 0.3) is 5.69 Å². The van der Waals surface area contributed by atoms with Gasteiger partial charge in [0.2, 0.25) is 0 Å². The Morgan fingerprint density at radius 3 is 2.18 bits per heavy atom. The van der Waals surface area contributed by atoms with E-state index in [1.807, 2.05) is 32.9 Å². The van der Waals surface area contributed by atoms with Gasteiger partial charge in [0, 0.05) is 17.7 Å². The minimum atomic E-state index is -0.536. The highest BCUT2D eigenvalue weighted by molar-refractivity contribution is 5.91. The second kappa shape index (κ2) is 5.97. The summed E-state index contributed by atoms with van der Waals surface area (Å²) in [5.41, 5.74) is 0.970. The summed E-state index contributed by atoms with van der Waals surface area (Å²) >= 11 is 0. The highest BCUT2D eigenvalue weighted by Crippen LogP contribution is 2.31. The fraction of sp³-hybridized carbons (Fsp3) is 0.235. The third-order valence-electron chi connectivity index (χ3n) is 3.21. The van der Waals surface area contributed by atoms with Crippen molar-refractivity contribution in [1.29, 1.82) is 0 Å². The van der Waals surface area contributed by atoms with Crippen LogP contribution in [0.1, 0.15) is 36.7 Å². The van der Waals surface area contributed by atoms with Crippen LogP contribution >= 0.6 is 0 Å². The molecule has 2 aromatic carbocycles. The maximum Gasteiger partial charge on any atom is 0.343 e. The molecule has 0 atom stereocenters. The number of nitro groups is 1. The number of carbonyl (C=O) groups is 1. The Morgan fingerprint density at radius 2 is 1.64 bits per heavy atom. The molecule has 0 saturated carbocycles. The van der Waals surface area contributed by atoms with E-state index >= 15 is 0 Å². The van der Waals surface area contributed by atoms with Crippen molar-refractivity contribution < 1.29 is 14.5 Å². The Bertz CT molecular complexity index is 699. The molecule has 5 nitrogen and oxygen atoms in total. The van der Waals surface area contributed by atoms with Crippen molar-refractivity contribution in [3.8, 4) is 5.75 Å². The Kier molecular flexibility index (Phi) is 4.26. The number of benzene rings is 2. The van der Waals surface area contributed by atoms with Crippen molar-refractivity contribution in [2.45, 2.75) is 26.2 Å². The summed E-state index contributed by atoms with van der Waals surface area (Å²) in [7, 11) is 0. The van der Waals surface area contributed by atoms with Gasteiger partial charge in [0.1, 0.15) is 5.75 Å². The normalized spacial score (nSPS) is 11.0. The van der Waals surface area contributed by atoms with Gasteiger partial charge in [-0.15, -0.1) is 0 Å². The number of hydrogen-bond acceptors (Lipinski definition) is 4. The van der Waals surface area contributed by atoms with Gasteiger partial charge in [-0.25, -0.2) is 4.79 Å². The molecule has 0 fully saturated rings. The summed E-state index contributed by atoms with van der Waals surface area (Å²) < 4.78 is 5.45. The summed E-state index contributed by atoms with van der Waals surface area (Å²) in [4.78, 5) is 22.3. The second-order valence-corrected chi connectivity index (χ2v) is 5.94. The molecular weight excluding hydrogens is 282 g/mol. The number of carbonyl (C=O) groups excluding carboxylic acids is 1. The number of hydrogen-bond donors (Lipinski definition) is 0. The van der Waals surface area contributed by atoms with Crippen LogP contribution in [0, 0.1) is 10.1 Å². The predicted octanol–water partition coefficient (Wildman–Crippen LogP) is 4.11. The molecule has 0 saturated heterocycles. The molecule has 2 rings (SSSR count). The first-order valence-electron chi connectivity index (χ1n) is 6.85. The molecule has 0 aliphatic carbocycles. The third-order valence-corrected chi connectivity index (χ3v) is 3.21. The minimum Gasteiger partial charge on any atom is -0.423 e. The van der Waals surface area contributed by atoms with Crippen molar-refractivity contribution in [2.75, 3.05) is 0 Å². The summed E-state index contributed by atoms with van der Waals surface area (Å²) in [5.74, 6) is -0.0371. The van der Waals surface area contributed by atoms with Crippen LogP contribution in [0.25, 0.3) is 0 Å². The Morgan fingerprint density at radius 1 is 1.05 bits per heavy atom. The smallest absolute Gasteiger partial charge is 0.343 e. The first kappa shape index (κ1) is 15.7. The van der Waals surface area contributed by atoms with E-state index in [4.69, 9.17) is 4.74 Å². The van der Waals surface area contributed by atoms with Crippen molar-refractivity contribution >= 4 is 11.7 Å². The van der Waals surface area contributed by atoms with Gasteiger partial charge in [-0.2, -0.15) is 0 Å². The average Bonchev–Trinajstić information content (AvgIpc) is 2.46. The average molecular weight is 299 g/mol. The monoisotopic (exact) mass is 299 g/mol. The quantitative estimate of drug-likeness (QED) is 0.370. The summed E-state index contributed by atoms with van der Waals surface area (Å²) in [6, 6.07) is 12.7. The lowest BCUT2D eigenvalue weighted by Crippen LogP contribution is -2.16. The van der Waals surface area contributed by atoms with Crippen LogP contribution in [0.3, 0.4) is 0 Å². The lowest BCUT2D eigenvalue weighted by atomic mass is 9.86. The second-order valence-electron chi connectivity index (χ2n) is 5.94. The molecular formula is C17H17NO4. The fourth-order valence-corrected chi connectivity index (χ4v) is 2.05. The van der Waals surface area contributed by atoms with Gasteiger partial charge in [-0.3, -0.25) is 10.1 Å². The van der Waals surface area contributed by atoms with Crippen molar-refractivity contribution in [1.82, 2.24) is 0 Å². The summed E-state index contributed by atoms with van der Waals surface area (Å²) in [5, 5.41) is 10.6. The van der Waals surface area contributed by atoms with E-state index in [0.29, 0.717) is 5.75 Å². The molecule has 0 spiro atoms. The zero-order valence-electron chi connectivity index (χ0n) is 12.7. The van der Waals surface area contributed by atoms with Crippen LogP contribution in [-0.4, -0.2) is 10.9 Å². The molecule has 0 aliphatic heterocycles. The highest BCUT2D eigenvalue weighted by atomic mass is 16.6. The fourth-order valence-electron chi connectivity index (χ4n) is 2.05. The SMILES string of the molecule is CC(C)(C)c1ccccc1OC(=O)c1ccc([N+](=O)[O-])cc1. The molecule has 0 aliphatic rings. The van der Waals surface area contributed by atoms with E-state index in [1.54, 1.807) is 12.1 Å². The molecule has 22 heavy (non-hydrogen) atoms. The van der Waals surface area contributed by atoms with Crippen LogP contribution in [0.5, 0.6) is 5.75 Å². The zero-order valence-corrected chi connectivity index (χ0v) is 12.7. The molecule has 5 heteroatoms. The van der Waals surface area contributed by atoms with E-state index in [1.165, 1.54) is 24.3 Å². The predicted molar refractivity (Wildman–Crippen MR) is 83.2 cm³/mol. The van der Waals surface area contributed by atoms with Gasteiger partial charge in [-0.05, 0) is 23.6 Å². The van der Waals surface area contributed by atoms with Crippen molar-refractivity contribution in [2.24, 2.45) is 0 Å². The van der Waals surface area contributed by atoms with Crippen LogP contribution in [0.2, 0.25) is 0 Å². The Balaban J connectivity index is 2.24. The van der Waals surface area contributed by atoms with Gasteiger partial charge in [0.05, 0.1) is 10.5 Å².